The number of carbonyl (C=O) groups is 1. The van der Waals surface area contributed by atoms with Gasteiger partial charge in [0.2, 0.25) is 0 Å². The Kier molecular flexibility index (Phi) is 5.00. The third-order valence-corrected chi connectivity index (χ3v) is 4.09. The molecule has 0 bridgehead atoms. The lowest BCUT2D eigenvalue weighted by Gasteiger charge is -2.10. The number of hydrogen-bond acceptors (Lipinski definition) is 2. The molecular weight excluding hydrogens is 322 g/mol. The van der Waals surface area contributed by atoms with Crippen molar-refractivity contribution >= 4 is 17.7 Å². The highest BCUT2D eigenvalue weighted by Gasteiger charge is 2.12. The van der Waals surface area contributed by atoms with Crippen LogP contribution in [0.1, 0.15) is 17.0 Å². The number of benzene rings is 2. The largest absolute Gasteiger partial charge is 0.321 e. The topological polar surface area (TPSA) is 57.8 Å². The Morgan fingerprint density at radius 3 is 2.35 bits per heavy atom. The zero-order chi connectivity index (χ0) is 18.5. The third kappa shape index (κ3) is 3.73. The van der Waals surface area contributed by atoms with Crippen molar-refractivity contribution in [2.45, 2.75) is 13.8 Å². The number of nitriles is 1. The molecule has 0 aliphatic rings. The minimum Gasteiger partial charge on any atom is -0.321 e. The smallest absolute Gasteiger partial charge is 0.266 e. The van der Waals surface area contributed by atoms with Gasteiger partial charge >= 0.3 is 0 Å². The molecule has 128 valence electrons. The second kappa shape index (κ2) is 7.54. The van der Waals surface area contributed by atoms with E-state index in [4.69, 9.17) is 0 Å². The first kappa shape index (κ1) is 17.2. The molecule has 1 amide bonds. The first-order chi connectivity index (χ1) is 12.6. The summed E-state index contributed by atoms with van der Waals surface area (Å²) in [5, 5.41) is 12.2. The highest BCUT2D eigenvalue weighted by atomic mass is 16.1. The van der Waals surface area contributed by atoms with Crippen molar-refractivity contribution in [2.24, 2.45) is 0 Å². The van der Waals surface area contributed by atoms with Gasteiger partial charge in [-0.05, 0) is 56.3 Å². The number of nitrogens with one attached hydrogen (secondary N) is 1. The first-order valence-corrected chi connectivity index (χ1v) is 8.32. The molecule has 1 N–H and O–H groups in total. The van der Waals surface area contributed by atoms with Gasteiger partial charge in [0.1, 0.15) is 11.6 Å². The minimum atomic E-state index is -0.421. The summed E-state index contributed by atoms with van der Waals surface area (Å²) in [7, 11) is 0. The van der Waals surface area contributed by atoms with Crippen LogP contribution in [0.5, 0.6) is 0 Å². The Bertz CT molecular complexity index is 990. The van der Waals surface area contributed by atoms with Crippen LogP contribution in [0.2, 0.25) is 0 Å². The van der Waals surface area contributed by atoms with Crippen LogP contribution in [0, 0.1) is 25.2 Å². The van der Waals surface area contributed by atoms with E-state index < -0.39 is 5.91 Å². The van der Waals surface area contributed by atoms with Crippen LogP contribution >= 0.6 is 0 Å². The second-order valence-corrected chi connectivity index (χ2v) is 6.06. The molecule has 3 aromatic rings. The zero-order valence-electron chi connectivity index (χ0n) is 14.7. The molecule has 0 radical (unpaired) electrons. The van der Waals surface area contributed by atoms with Crippen LogP contribution in [-0.4, -0.2) is 10.5 Å². The molecule has 1 heterocycles. The molecule has 0 spiro atoms. The van der Waals surface area contributed by atoms with Crippen LogP contribution in [0.25, 0.3) is 11.8 Å². The van der Waals surface area contributed by atoms with Crippen LogP contribution in [0.4, 0.5) is 5.69 Å². The number of carbonyl (C=O) groups excluding carboxylic acids is 1. The quantitative estimate of drug-likeness (QED) is 0.555. The first-order valence-electron chi connectivity index (χ1n) is 8.32. The third-order valence-electron chi connectivity index (χ3n) is 4.09. The highest BCUT2D eigenvalue weighted by molar-refractivity contribution is 6.09. The van der Waals surface area contributed by atoms with Gasteiger partial charge in [0.05, 0.1) is 0 Å². The monoisotopic (exact) mass is 341 g/mol. The SMILES string of the molecule is Cc1ccc(NC(=O)/C(C#N)=C\c2ccc(C)n2-c2ccccc2)cc1. The van der Waals surface area contributed by atoms with Crippen LogP contribution in [-0.2, 0) is 4.79 Å². The van der Waals surface area contributed by atoms with Gasteiger partial charge < -0.3 is 9.88 Å². The van der Waals surface area contributed by atoms with Gasteiger partial charge in [-0.25, -0.2) is 0 Å². The number of anilines is 1. The fourth-order valence-electron chi connectivity index (χ4n) is 2.73. The Hall–Kier alpha value is -3.58. The molecule has 0 aliphatic carbocycles. The molecule has 0 fully saturated rings. The van der Waals surface area contributed by atoms with Crippen molar-refractivity contribution in [3.8, 4) is 11.8 Å². The van der Waals surface area contributed by atoms with Crippen molar-refractivity contribution in [3.05, 3.63) is 89.3 Å². The number of para-hydroxylation sites is 1. The van der Waals surface area contributed by atoms with Crippen LogP contribution in [0.15, 0.2) is 72.3 Å². The summed E-state index contributed by atoms with van der Waals surface area (Å²) in [5.74, 6) is -0.421. The van der Waals surface area contributed by atoms with Crippen molar-refractivity contribution in [1.29, 1.82) is 5.26 Å². The van der Waals surface area contributed by atoms with Gasteiger partial charge in [-0.3, -0.25) is 4.79 Å². The van der Waals surface area contributed by atoms with Gasteiger partial charge in [0, 0.05) is 22.8 Å². The minimum absolute atomic E-state index is 0.0563. The van der Waals surface area contributed by atoms with E-state index in [-0.39, 0.29) is 5.57 Å². The predicted octanol–water partition coefficient (Wildman–Crippen LogP) is 4.64. The maximum absolute atomic E-state index is 12.5. The van der Waals surface area contributed by atoms with E-state index >= 15 is 0 Å². The van der Waals surface area contributed by atoms with Gasteiger partial charge in [0.25, 0.3) is 5.91 Å². The Morgan fingerprint density at radius 1 is 1.00 bits per heavy atom. The lowest BCUT2D eigenvalue weighted by molar-refractivity contribution is -0.112. The molecular formula is C22H19N3O. The highest BCUT2D eigenvalue weighted by Crippen LogP contribution is 2.19. The lowest BCUT2D eigenvalue weighted by atomic mass is 10.2. The number of rotatable bonds is 4. The fourth-order valence-corrected chi connectivity index (χ4v) is 2.73. The average Bonchev–Trinajstić information content (AvgIpc) is 3.02. The number of nitrogens with zero attached hydrogens (tertiary/aromatic N) is 2. The Labute approximate surface area is 153 Å². The molecule has 3 rings (SSSR count). The van der Waals surface area contributed by atoms with Gasteiger partial charge in [-0.2, -0.15) is 5.26 Å². The summed E-state index contributed by atoms with van der Waals surface area (Å²) in [6.07, 6.45) is 1.61. The van der Waals surface area contributed by atoms with E-state index in [9.17, 15) is 10.1 Å². The molecule has 0 unspecified atom stereocenters. The van der Waals surface area contributed by atoms with Gasteiger partial charge in [-0.1, -0.05) is 35.9 Å². The standard InChI is InChI=1S/C22H19N3O/c1-16-8-11-19(12-9-16)24-22(26)18(15-23)14-21-13-10-17(2)25(21)20-6-4-3-5-7-20/h3-14H,1-2H3,(H,24,26)/b18-14-. The average molecular weight is 341 g/mol. The number of aryl methyl sites for hydroxylation is 2. The second-order valence-electron chi connectivity index (χ2n) is 6.06. The van der Waals surface area contributed by atoms with E-state index in [0.29, 0.717) is 5.69 Å². The molecule has 0 atom stereocenters. The predicted molar refractivity (Wildman–Crippen MR) is 104 cm³/mol. The molecule has 26 heavy (non-hydrogen) atoms. The van der Waals surface area contributed by atoms with Crippen LogP contribution in [0.3, 0.4) is 0 Å². The lowest BCUT2D eigenvalue weighted by Crippen LogP contribution is -2.13. The zero-order valence-corrected chi connectivity index (χ0v) is 14.7. The number of hydrogen-bond donors (Lipinski definition) is 1. The van der Waals surface area contributed by atoms with Gasteiger partial charge in [-0.15, -0.1) is 0 Å². The fraction of sp³-hybridized carbons (Fsp3) is 0.0909. The molecule has 0 aliphatic heterocycles. The number of aromatic nitrogens is 1. The summed E-state index contributed by atoms with van der Waals surface area (Å²) in [4.78, 5) is 12.5. The summed E-state index contributed by atoms with van der Waals surface area (Å²) in [6.45, 7) is 3.97. The Balaban J connectivity index is 1.92. The van der Waals surface area contributed by atoms with E-state index in [1.807, 2.05) is 91.2 Å². The van der Waals surface area contributed by atoms with E-state index in [0.717, 1.165) is 22.6 Å². The molecule has 1 aromatic heterocycles. The van der Waals surface area contributed by atoms with Crippen molar-refractivity contribution in [2.75, 3.05) is 5.32 Å². The van der Waals surface area contributed by atoms with Crippen molar-refractivity contribution in [3.63, 3.8) is 0 Å². The Morgan fingerprint density at radius 2 is 1.69 bits per heavy atom. The van der Waals surface area contributed by atoms with Crippen LogP contribution < -0.4 is 5.32 Å². The summed E-state index contributed by atoms with van der Waals surface area (Å²) in [6, 6.07) is 23.2. The van der Waals surface area contributed by atoms with E-state index in [2.05, 4.69) is 5.32 Å². The molecule has 0 saturated carbocycles. The summed E-state index contributed by atoms with van der Waals surface area (Å²) >= 11 is 0. The van der Waals surface area contributed by atoms with E-state index in [1.165, 1.54) is 0 Å². The summed E-state index contributed by atoms with van der Waals surface area (Å²) in [5.41, 5.74) is 4.62. The van der Waals surface area contributed by atoms with E-state index in [1.54, 1.807) is 6.08 Å². The molecule has 4 nitrogen and oxygen atoms in total. The van der Waals surface area contributed by atoms with Crippen molar-refractivity contribution < 1.29 is 4.79 Å². The summed E-state index contributed by atoms with van der Waals surface area (Å²) < 4.78 is 2.01. The molecule has 4 heteroatoms. The normalized spacial score (nSPS) is 11.0. The maximum atomic E-state index is 12.5. The molecule has 2 aromatic carbocycles. The number of amides is 1. The maximum Gasteiger partial charge on any atom is 0.266 e. The van der Waals surface area contributed by atoms with Crippen molar-refractivity contribution in [1.82, 2.24) is 4.57 Å². The van der Waals surface area contributed by atoms with Gasteiger partial charge in [0.15, 0.2) is 0 Å². The molecule has 0 saturated heterocycles.